The molecule has 0 aliphatic rings. The van der Waals surface area contributed by atoms with Crippen LogP contribution in [0.4, 0.5) is 5.69 Å². The van der Waals surface area contributed by atoms with Crippen LogP contribution in [0.15, 0.2) is 133 Å². The molecule has 0 radical (unpaired) electrons. The molecule has 0 saturated carbocycles. The van der Waals surface area contributed by atoms with Crippen molar-refractivity contribution in [3.63, 3.8) is 0 Å². The molecule has 336 valence electrons. The summed E-state index contributed by atoms with van der Waals surface area (Å²) >= 11 is 25.5. The molecule has 0 atom stereocenters. The third-order valence-corrected chi connectivity index (χ3v) is 13.3. The van der Waals surface area contributed by atoms with Gasteiger partial charge >= 0.3 is 36.8 Å². The minimum Gasteiger partial charge on any atom is -0.478 e. The van der Waals surface area contributed by atoms with Crippen molar-refractivity contribution in [1.29, 1.82) is 0 Å². The first kappa shape index (κ1) is 65.8. The molecule has 5 rings (SSSR count). The zero-order valence-corrected chi connectivity index (χ0v) is 47.0. The molecule has 0 saturated heterocycles. The summed E-state index contributed by atoms with van der Waals surface area (Å²) in [6, 6.07) is 26.7. The summed E-state index contributed by atoms with van der Waals surface area (Å²) in [4.78, 5) is 58.1. The molecular formula is C43H44Br6LiNO8S4. The van der Waals surface area contributed by atoms with Crippen LogP contribution in [0.3, 0.4) is 0 Å². The van der Waals surface area contributed by atoms with Crippen LogP contribution in [0.25, 0.3) is 0 Å². The van der Waals surface area contributed by atoms with Crippen LogP contribution in [0.1, 0.15) is 66.1 Å². The van der Waals surface area contributed by atoms with E-state index in [1.165, 1.54) is 29.6 Å². The second-order valence-electron chi connectivity index (χ2n) is 11.1. The number of benzene rings is 5. The van der Waals surface area contributed by atoms with Crippen molar-refractivity contribution in [2.24, 2.45) is 0 Å². The SMILES string of the molecule is C.CSc1ccc(Br)cc1C(=O)CBr.CSc1ccc(Br)cc1C(=O)O.CSc1ccc(Br)cc1C(=O)O.CSc1ccc(Br)cc1C(C)=O.Nc1ccc(Br)cc1C(=O)O.[CH3-].[Li+]. The molecule has 0 unspecified atom stereocenters. The largest absolute Gasteiger partial charge is 1.00 e. The van der Waals surface area contributed by atoms with Gasteiger partial charge in [0.05, 0.1) is 22.0 Å². The molecule has 5 aromatic carbocycles. The van der Waals surface area contributed by atoms with Crippen LogP contribution in [-0.2, 0) is 0 Å². The van der Waals surface area contributed by atoms with E-state index in [1.54, 1.807) is 66.8 Å². The maximum Gasteiger partial charge on any atom is 1.00 e. The number of ketones is 2. The third kappa shape index (κ3) is 23.7. The second-order valence-corrected chi connectivity index (χ2v) is 19.7. The first-order valence-electron chi connectivity index (χ1n) is 16.4. The fourth-order valence-electron chi connectivity index (χ4n) is 4.33. The Morgan fingerprint density at radius 3 is 1.02 bits per heavy atom. The Bertz CT molecular complexity index is 2160. The van der Waals surface area contributed by atoms with Crippen LogP contribution >= 0.6 is 143 Å². The van der Waals surface area contributed by atoms with Gasteiger partial charge in [-0.25, -0.2) is 14.4 Å². The summed E-state index contributed by atoms with van der Waals surface area (Å²) < 4.78 is 4.18. The predicted octanol–water partition coefficient (Wildman–Crippen LogP) is 12.7. The van der Waals surface area contributed by atoms with Gasteiger partial charge in [0.25, 0.3) is 0 Å². The van der Waals surface area contributed by atoms with Crippen molar-refractivity contribution in [2.75, 3.05) is 36.1 Å². The van der Waals surface area contributed by atoms with Gasteiger partial charge in [-0.05, 0) is 123 Å². The number of nitrogens with two attached hydrogens (primary N) is 1. The summed E-state index contributed by atoms with van der Waals surface area (Å²) in [5.74, 6) is -2.56. The fraction of sp³-hybridized carbons (Fsp3) is 0.163. The Morgan fingerprint density at radius 2 is 0.746 bits per heavy atom. The van der Waals surface area contributed by atoms with E-state index >= 15 is 0 Å². The maximum absolute atomic E-state index is 11.5. The number of nitrogen functional groups attached to an aromatic ring is 1. The average Bonchev–Trinajstić information content (AvgIpc) is 3.22. The van der Waals surface area contributed by atoms with Crippen LogP contribution in [0.5, 0.6) is 0 Å². The van der Waals surface area contributed by atoms with E-state index in [0.717, 1.165) is 48.6 Å². The third-order valence-electron chi connectivity index (χ3n) is 7.15. The zero-order chi connectivity index (χ0) is 45.7. The van der Waals surface area contributed by atoms with Crippen molar-refractivity contribution in [3.05, 3.63) is 149 Å². The summed E-state index contributed by atoms with van der Waals surface area (Å²) in [6.45, 7) is 1.58. The number of thioether (sulfide) groups is 4. The molecule has 0 spiro atoms. The molecule has 9 nitrogen and oxygen atoms in total. The number of carboxylic acids is 3. The Labute approximate surface area is 449 Å². The average molecular weight is 1320 g/mol. The molecule has 0 aliphatic heterocycles. The number of anilines is 1. The minimum atomic E-state index is -1.01. The van der Waals surface area contributed by atoms with E-state index in [9.17, 15) is 24.0 Å². The minimum absolute atomic E-state index is 0. The predicted molar refractivity (Wildman–Crippen MR) is 284 cm³/mol. The number of carbonyl (C=O) groups excluding carboxylic acids is 2. The molecule has 0 heterocycles. The number of carbonyl (C=O) groups is 5. The number of rotatable bonds is 10. The molecule has 0 aromatic heterocycles. The smallest absolute Gasteiger partial charge is 0.478 e. The van der Waals surface area contributed by atoms with Gasteiger partial charge in [0.1, 0.15) is 0 Å². The van der Waals surface area contributed by atoms with Crippen molar-refractivity contribution in [3.8, 4) is 0 Å². The van der Waals surface area contributed by atoms with Gasteiger partial charge in [-0.2, -0.15) is 0 Å². The molecule has 0 amide bonds. The van der Waals surface area contributed by atoms with E-state index < -0.39 is 17.9 Å². The Kier molecular flexibility index (Phi) is 36.3. The fourth-order valence-corrected chi connectivity index (χ4v) is 8.81. The van der Waals surface area contributed by atoms with E-state index in [1.807, 2.05) is 73.6 Å². The Hall–Kier alpha value is -1.47. The summed E-state index contributed by atoms with van der Waals surface area (Å²) in [6.07, 6.45) is 7.65. The molecule has 20 heteroatoms. The van der Waals surface area contributed by atoms with Crippen LogP contribution in [0, 0.1) is 7.43 Å². The standard InChI is InChI=1S/C9H8Br2OS.C9H9BrOS.2C8H7BrO2S.C7H6BrNO2.CH4.CH3.Li/c1-13-9-3-2-6(11)4-7(9)8(12)5-10;1-6(11)8-5-7(10)3-4-9(8)12-2;2*1-12-7-3-2-5(9)4-6(7)8(10)11;8-4-1-2-6(9)5(3-4)7(10)11;;;/h2-4H,5H2,1H3;3-5H,1-2H3;2*2-4H,1H3,(H,10,11);1-3H,9H2,(H,10,11);1H4;1H3;/q;;;;;;-1;+1. The summed E-state index contributed by atoms with van der Waals surface area (Å²) in [5.41, 5.74) is 8.05. The quantitative estimate of drug-likeness (QED) is 0.0260. The number of hydrogen-bond donors (Lipinski definition) is 4. The molecule has 0 bridgehead atoms. The van der Waals surface area contributed by atoms with Gasteiger partial charge in [0.15, 0.2) is 11.6 Å². The molecule has 5 N–H and O–H groups in total. The van der Waals surface area contributed by atoms with Crippen molar-refractivity contribution < 1.29 is 58.2 Å². The van der Waals surface area contributed by atoms with Gasteiger partial charge in [-0.3, -0.25) is 9.59 Å². The van der Waals surface area contributed by atoms with E-state index in [2.05, 4.69) is 95.6 Å². The van der Waals surface area contributed by atoms with Gasteiger partial charge in [-0.1, -0.05) is 103 Å². The molecular weight excluding hydrogens is 1270 g/mol. The molecule has 0 fully saturated rings. The first-order valence-corrected chi connectivity index (χ1v) is 26.4. The second kappa shape index (κ2) is 34.8. The van der Waals surface area contributed by atoms with Gasteiger partial charge in [-0.15, -0.1) is 47.0 Å². The Morgan fingerprint density at radius 1 is 0.492 bits per heavy atom. The van der Waals surface area contributed by atoms with Crippen molar-refractivity contribution in [1.82, 2.24) is 0 Å². The normalized spacial score (nSPS) is 9.38. The zero-order valence-electron chi connectivity index (χ0n) is 34.2. The van der Waals surface area contributed by atoms with E-state index in [0.29, 0.717) is 20.9 Å². The van der Waals surface area contributed by atoms with Gasteiger partial charge < -0.3 is 28.5 Å². The maximum atomic E-state index is 11.5. The Balaban J connectivity index is -0.000000706. The summed E-state index contributed by atoms with van der Waals surface area (Å²) in [5, 5.41) is 26.5. The molecule has 0 aliphatic carbocycles. The number of halogens is 6. The molecule has 5 aromatic rings. The van der Waals surface area contributed by atoms with E-state index in [-0.39, 0.29) is 56.5 Å². The number of alkyl halides is 1. The monoisotopic (exact) mass is 1310 g/mol. The number of Topliss-reactive ketones (excluding diaryl/α,β-unsaturated/α-hetero) is 2. The van der Waals surface area contributed by atoms with Crippen LogP contribution in [0.2, 0.25) is 0 Å². The van der Waals surface area contributed by atoms with Crippen molar-refractivity contribution in [2.45, 2.75) is 33.9 Å². The van der Waals surface area contributed by atoms with Gasteiger partial charge in [0.2, 0.25) is 0 Å². The van der Waals surface area contributed by atoms with Crippen LogP contribution in [-0.4, -0.2) is 75.1 Å². The molecule has 63 heavy (non-hydrogen) atoms. The number of hydrogen-bond acceptors (Lipinski definition) is 10. The van der Waals surface area contributed by atoms with Crippen LogP contribution < -0.4 is 24.6 Å². The van der Waals surface area contributed by atoms with Gasteiger partial charge in [0, 0.05) is 58.8 Å². The first-order chi connectivity index (χ1) is 28.2. The summed E-state index contributed by atoms with van der Waals surface area (Å²) in [7, 11) is 0. The topological polar surface area (TPSA) is 172 Å². The van der Waals surface area contributed by atoms with Crippen molar-refractivity contribution >= 4 is 178 Å². The number of carboxylic acid groups (broad SMARTS) is 3. The van der Waals surface area contributed by atoms with E-state index in [4.69, 9.17) is 21.1 Å². The number of aromatic carboxylic acids is 3.